The second kappa shape index (κ2) is 5.61. The summed E-state index contributed by atoms with van der Waals surface area (Å²) in [5.74, 6) is 2.67. The first-order valence-electron chi connectivity index (χ1n) is 7.40. The predicted molar refractivity (Wildman–Crippen MR) is 73.8 cm³/mol. The molecule has 2 rings (SSSR count). The number of aliphatic hydroxyl groups is 1. The van der Waals surface area contributed by atoms with Gasteiger partial charge in [-0.15, -0.1) is 0 Å². The molecule has 4 heteroatoms. The van der Waals surface area contributed by atoms with Gasteiger partial charge in [0.05, 0.1) is 12.5 Å². The molecule has 0 radical (unpaired) electrons. The third-order valence-corrected chi connectivity index (χ3v) is 4.34. The van der Waals surface area contributed by atoms with E-state index in [1.165, 1.54) is 25.7 Å². The summed E-state index contributed by atoms with van der Waals surface area (Å²) in [5.41, 5.74) is -0.157. The Hall–Kier alpha value is -0.900. The third-order valence-electron chi connectivity index (χ3n) is 4.34. The smallest absolute Gasteiger partial charge is 0.229 e. The van der Waals surface area contributed by atoms with Gasteiger partial charge in [0, 0.05) is 5.92 Å². The first kappa shape index (κ1) is 14.5. The Morgan fingerprint density at radius 3 is 2.68 bits per heavy atom. The lowest BCUT2D eigenvalue weighted by Crippen LogP contribution is -2.28. The molecule has 1 saturated carbocycles. The molecule has 1 aromatic rings. The summed E-state index contributed by atoms with van der Waals surface area (Å²) in [5, 5.41) is 14.2. The predicted octanol–water partition coefficient (Wildman–Crippen LogP) is 3.31. The van der Waals surface area contributed by atoms with E-state index in [9.17, 15) is 5.11 Å². The van der Waals surface area contributed by atoms with Crippen LogP contribution in [-0.2, 0) is 6.42 Å². The van der Waals surface area contributed by atoms with E-state index in [2.05, 4.69) is 17.1 Å². The number of nitrogens with zero attached hydrogens (tertiary/aromatic N) is 2. The number of rotatable bonds is 4. The van der Waals surface area contributed by atoms with E-state index in [-0.39, 0.29) is 5.41 Å². The van der Waals surface area contributed by atoms with Gasteiger partial charge >= 0.3 is 0 Å². The second-order valence-electron chi connectivity index (χ2n) is 6.92. The van der Waals surface area contributed by atoms with Gasteiger partial charge in [0.1, 0.15) is 0 Å². The third kappa shape index (κ3) is 3.56. The maximum Gasteiger partial charge on any atom is 0.229 e. The van der Waals surface area contributed by atoms with Crippen LogP contribution < -0.4 is 0 Å². The molecule has 0 amide bonds. The van der Waals surface area contributed by atoms with Crippen molar-refractivity contribution < 1.29 is 9.63 Å². The Balaban J connectivity index is 1.96. The topological polar surface area (TPSA) is 59.2 Å². The second-order valence-corrected chi connectivity index (χ2v) is 6.92. The molecule has 0 aliphatic heterocycles. The van der Waals surface area contributed by atoms with E-state index in [0.29, 0.717) is 18.2 Å². The van der Waals surface area contributed by atoms with Gasteiger partial charge < -0.3 is 9.63 Å². The van der Waals surface area contributed by atoms with Crippen LogP contribution in [-0.4, -0.2) is 21.4 Å². The SMILES string of the molecule is CCC1CCC(c2noc(CC(O)C(C)(C)C)n2)C1. The average Bonchev–Trinajstić information content (AvgIpc) is 2.95. The van der Waals surface area contributed by atoms with E-state index < -0.39 is 6.10 Å². The van der Waals surface area contributed by atoms with Crippen molar-refractivity contribution in [2.24, 2.45) is 11.3 Å². The lowest BCUT2D eigenvalue weighted by atomic mass is 9.87. The molecule has 19 heavy (non-hydrogen) atoms. The highest BCUT2D eigenvalue weighted by molar-refractivity contribution is 5.00. The molecule has 0 spiro atoms. The van der Waals surface area contributed by atoms with Gasteiger partial charge in [-0.2, -0.15) is 4.98 Å². The summed E-state index contributed by atoms with van der Waals surface area (Å²) in [6.45, 7) is 8.28. The van der Waals surface area contributed by atoms with Crippen LogP contribution in [0, 0.1) is 11.3 Å². The van der Waals surface area contributed by atoms with Gasteiger partial charge in [0.2, 0.25) is 5.89 Å². The Kier molecular flexibility index (Phi) is 4.29. The fourth-order valence-corrected chi connectivity index (χ4v) is 2.67. The molecule has 3 atom stereocenters. The maximum atomic E-state index is 10.1. The summed E-state index contributed by atoms with van der Waals surface area (Å²) in [4.78, 5) is 4.48. The first-order chi connectivity index (χ1) is 8.90. The Bertz CT molecular complexity index is 409. The van der Waals surface area contributed by atoms with Gasteiger partial charge in [0.15, 0.2) is 5.82 Å². The van der Waals surface area contributed by atoms with Gasteiger partial charge in [-0.1, -0.05) is 39.3 Å². The summed E-state index contributed by atoms with van der Waals surface area (Å²) < 4.78 is 5.29. The molecule has 1 aromatic heterocycles. The van der Waals surface area contributed by atoms with Crippen LogP contribution in [0.25, 0.3) is 0 Å². The molecule has 1 fully saturated rings. The van der Waals surface area contributed by atoms with Gasteiger partial charge in [0.25, 0.3) is 0 Å². The van der Waals surface area contributed by atoms with E-state index >= 15 is 0 Å². The van der Waals surface area contributed by atoms with Crippen molar-refractivity contribution in [2.45, 2.75) is 71.8 Å². The molecule has 0 saturated heterocycles. The summed E-state index contributed by atoms with van der Waals surface area (Å²) in [6, 6.07) is 0. The molecule has 1 aliphatic rings. The minimum absolute atomic E-state index is 0.157. The molecular weight excluding hydrogens is 240 g/mol. The van der Waals surface area contributed by atoms with Crippen LogP contribution in [0.15, 0.2) is 4.52 Å². The molecular formula is C15H26N2O2. The van der Waals surface area contributed by atoms with Crippen LogP contribution in [0.2, 0.25) is 0 Å². The summed E-state index contributed by atoms with van der Waals surface area (Å²) in [7, 11) is 0. The molecule has 1 heterocycles. The molecule has 3 unspecified atom stereocenters. The fraction of sp³-hybridized carbons (Fsp3) is 0.867. The Morgan fingerprint density at radius 1 is 1.37 bits per heavy atom. The van der Waals surface area contributed by atoms with Crippen LogP contribution in [0.5, 0.6) is 0 Å². The van der Waals surface area contributed by atoms with Crippen molar-refractivity contribution in [1.29, 1.82) is 0 Å². The van der Waals surface area contributed by atoms with E-state index in [0.717, 1.165) is 11.7 Å². The van der Waals surface area contributed by atoms with Crippen molar-refractivity contribution >= 4 is 0 Å². The van der Waals surface area contributed by atoms with Crippen molar-refractivity contribution in [3.63, 3.8) is 0 Å². The molecule has 0 bridgehead atoms. The summed E-state index contributed by atoms with van der Waals surface area (Å²) >= 11 is 0. The van der Waals surface area contributed by atoms with Crippen LogP contribution in [0.3, 0.4) is 0 Å². The standard InChI is InChI=1S/C15H26N2O2/c1-5-10-6-7-11(8-10)14-16-13(19-17-14)9-12(18)15(2,3)4/h10-12,18H,5-9H2,1-4H3. The largest absolute Gasteiger partial charge is 0.392 e. The first-order valence-corrected chi connectivity index (χ1v) is 7.40. The van der Waals surface area contributed by atoms with Crippen LogP contribution in [0.1, 0.15) is 71.0 Å². The lowest BCUT2D eigenvalue weighted by molar-refractivity contribution is 0.0565. The average molecular weight is 266 g/mol. The molecule has 1 aliphatic carbocycles. The monoisotopic (exact) mass is 266 g/mol. The highest BCUT2D eigenvalue weighted by atomic mass is 16.5. The molecule has 1 N–H and O–H groups in total. The van der Waals surface area contributed by atoms with Gasteiger partial charge in [-0.05, 0) is 30.6 Å². The summed E-state index contributed by atoms with van der Waals surface area (Å²) in [6.07, 6.45) is 4.85. The maximum absolute atomic E-state index is 10.1. The van der Waals surface area contributed by atoms with Crippen molar-refractivity contribution in [3.05, 3.63) is 11.7 Å². The van der Waals surface area contributed by atoms with Gasteiger partial charge in [-0.25, -0.2) is 0 Å². The molecule has 108 valence electrons. The van der Waals surface area contributed by atoms with Crippen molar-refractivity contribution in [1.82, 2.24) is 10.1 Å². The number of hydrogen-bond acceptors (Lipinski definition) is 4. The lowest BCUT2D eigenvalue weighted by Gasteiger charge is -2.24. The molecule has 4 nitrogen and oxygen atoms in total. The highest BCUT2D eigenvalue weighted by Crippen LogP contribution is 2.38. The van der Waals surface area contributed by atoms with E-state index in [1.807, 2.05) is 20.8 Å². The number of aromatic nitrogens is 2. The quantitative estimate of drug-likeness (QED) is 0.908. The van der Waals surface area contributed by atoms with E-state index in [4.69, 9.17) is 4.52 Å². The number of hydrogen-bond donors (Lipinski definition) is 1. The Morgan fingerprint density at radius 2 is 2.11 bits per heavy atom. The van der Waals surface area contributed by atoms with Crippen LogP contribution in [0.4, 0.5) is 0 Å². The zero-order chi connectivity index (χ0) is 14.0. The van der Waals surface area contributed by atoms with Crippen molar-refractivity contribution in [2.75, 3.05) is 0 Å². The normalized spacial score (nSPS) is 25.7. The zero-order valence-electron chi connectivity index (χ0n) is 12.5. The minimum Gasteiger partial charge on any atom is -0.392 e. The van der Waals surface area contributed by atoms with Crippen LogP contribution >= 0.6 is 0 Å². The van der Waals surface area contributed by atoms with Crippen molar-refractivity contribution in [3.8, 4) is 0 Å². The number of aliphatic hydroxyl groups excluding tert-OH is 1. The minimum atomic E-state index is -0.451. The van der Waals surface area contributed by atoms with Gasteiger partial charge in [-0.3, -0.25) is 0 Å². The van der Waals surface area contributed by atoms with E-state index in [1.54, 1.807) is 0 Å². The molecule has 0 aromatic carbocycles. The Labute approximate surface area is 115 Å². The fourth-order valence-electron chi connectivity index (χ4n) is 2.67. The zero-order valence-corrected chi connectivity index (χ0v) is 12.5. The highest BCUT2D eigenvalue weighted by Gasteiger charge is 2.29.